The summed E-state index contributed by atoms with van der Waals surface area (Å²) < 4.78 is 0. The fraction of sp³-hybridized carbons (Fsp3) is 0.591. The molecule has 0 unspecified atom stereocenters. The van der Waals surface area contributed by atoms with Crippen LogP contribution in [0.3, 0.4) is 0 Å². The monoisotopic (exact) mass is 398 g/mol. The molecule has 1 aromatic carbocycles. The highest BCUT2D eigenvalue weighted by Crippen LogP contribution is 2.36. The maximum atomic E-state index is 13.6. The van der Waals surface area contributed by atoms with Gasteiger partial charge in [0.05, 0.1) is 0 Å². The van der Waals surface area contributed by atoms with E-state index in [0.717, 1.165) is 45.3 Å². The maximum Gasteiger partial charge on any atom is 0.325 e. The third-order valence-corrected chi connectivity index (χ3v) is 6.65. The van der Waals surface area contributed by atoms with Gasteiger partial charge in [-0.1, -0.05) is 30.3 Å². The van der Waals surface area contributed by atoms with Crippen LogP contribution in [-0.2, 0) is 16.0 Å². The Bertz CT molecular complexity index is 763. The van der Waals surface area contributed by atoms with E-state index in [4.69, 9.17) is 0 Å². The van der Waals surface area contributed by atoms with Crippen molar-refractivity contribution in [3.8, 4) is 0 Å². The number of hydrogen-bond donors (Lipinski definition) is 2. The molecule has 4 rings (SSSR count). The number of likely N-dealkylation sites (tertiary alicyclic amines) is 1. The molecule has 0 radical (unpaired) electrons. The van der Waals surface area contributed by atoms with Crippen LogP contribution in [0.2, 0.25) is 0 Å². The van der Waals surface area contributed by atoms with Crippen molar-refractivity contribution in [2.75, 3.05) is 32.7 Å². The molecule has 0 aromatic heterocycles. The predicted molar refractivity (Wildman–Crippen MR) is 109 cm³/mol. The van der Waals surface area contributed by atoms with Crippen molar-refractivity contribution >= 4 is 17.8 Å². The first-order valence-corrected chi connectivity index (χ1v) is 10.8. The van der Waals surface area contributed by atoms with Gasteiger partial charge < -0.3 is 15.5 Å². The van der Waals surface area contributed by atoms with Gasteiger partial charge in [-0.25, -0.2) is 4.79 Å². The van der Waals surface area contributed by atoms with Crippen LogP contribution in [0.5, 0.6) is 0 Å². The molecular formula is C22H30N4O3. The Labute approximate surface area is 171 Å². The lowest BCUT2D eigenvalue weighted by molar-refractivity contribution is -0.135. The number of carbonyl (C=O) groups is 3. The molecule has 3 saturated heterocycles. The summed E-state index contributed by atoms with van der Waals surface area (Å²) in [5.74, 6) is 0.130. The second-order valence-corrected chi connectivity index (χ2v) is 8.35. The quantitative estimate of drug-likeness (QED) is 0.683. The molecular weight excluding hydrogens is 368 g/mol. The number of nitrogens with one attached hydrogen (secondary N) is 2. The van der Waals surface area contributed by atoms with Gasteiger partial charge >= 0.3 is 6.03 Å². The molecule has 4 amide bonds. The third-order valence-electron chi connectivity index (χ3n) is 6.65. The van der Waals surface area contributed by atoms with Crippen LogP contribution < -0.4 is 10.6 Å². The standard InChI is InChI=1S/C22H30N4O3/c27-19-7-4-14-25(19)15-16-26-20(28)22(24-21(26)29,18-9-12-23-13-10-18)11-8-17-5-2-1-3-6-17/h1-3,5-6,18,23H,4,7-16H2,(H,24,29)/t22-/m0/s1. The van der Waals surface area contributed by atoms with Gasteiger partial charge in [0, 0.05) is 26.1 Å². The Morgan fingerprint density at radius 3 is 2.48 bits per heavy atom. The highest BCUT2D eigenvalue weighted by molar-refractivity contribution is 6.07. The Morgan fingerprint density at radius 2 is 1.79 bits per heavy atom. The largest absolute Gasteiger partial charge is 0.341 e. The molecule has 0 saturated carbocycles. The minimum Gasteiger partial charge on any atom is -0.341 e. The second kappa shape index (κ2) is 8.53. The summed E-state index contributed by atoms with van der Waals surface area (Å²) >= 11 is 0. The minimum absolute atomic E-state index is 0.114. The van der Waals surface area contributed by atoms with Crippen molar-refractivity contribution in [1.82, 2.24) is 20.4 Å². The summed E-state index contributed by atoms with van der Waals surface area (Å²) in [5, 5.41) is 6.45. The highest BCUT2D eigenvalue weighted by atomic mass is 16.2. The van der Waals surface area contributed by atoms with Crippen LogP contribution in [0.15, 0.2) is 30.3 Å². The van der Waals surface area contributed by atoms with Crippen LogP contribution >= 0.6 is 0 Å². The number of aryl methyl sites for hydroxylation is 1. The number of rotatable bonds is 7. The molecule has 3 fully saturated rings. The Balaban J connectivity index is 1.50. The summed E-state index contributed by atoms with van der Waals surface area (Å²) in [6.07, 6.45) is 4.52. The molecule has 3 aliphatic heterocycles. The topological polar surface area (TPSA) is 81.8 Å². The summed E-state index contributed by atoms with van der Waals surface area (Å²) in [7, 11) is 0. The maximum absolute atomic E-state index is 13.6. The van der Waals surface area contributed by atoms with Crippen molar-refractivity contribution in [3.63, 3.8) is 0 Å². The van der Waals surface area contributed by atoms with E-state index in [9.17, 15) is 14.4 Å². The zero-order valence-electron chi connectivity index (χ0n) is 16.9. The Hall–Kier alpha value is -2.41. The van der Waals surface area contributed by atoms with Gasteiger partial charge in [-0.2, -0.15) is 0 Å². The Kier molecular flexibility index (Phi) is 5.85. The summed E-state index contributed by atoms with van der Waals surface area (Å²) in [6, 6.07) is 9.80. The summed E-state index contributed by atoms with van der Waals surface area (Å²) in [4.78, 5) is 41.4. The zero-order valence-corrected chi connectivity index (χ0v) is 16.9. The molecule has 2 N–H and O–H groups in total. The van der Waals surface area contributed by atoms with Crippen LogP contribution in [-0.4, -0.2) is 65.9 Å². The van der Waals surface area contributed by atoms with Crippen molar-refractivity contribution in [3.05, 3.63) is 35.9 Å². The number of urea groups is 1. The van der Waals surface area contributed by atoms with Crippen LogP contribution in [0.4, 0.5) is 4.79 Å². The van der Waals surface area contributed by atoms with E-state index in [1.165, 1.54) is 10.5 Å². The number of hydrogen-bond acceptors (Lipinski definition) is 4. The number of benzene rings is 1. The SMILES string of the molecule is O=C1CCCN1CCN1C(=O)N[C@@](CCc2ccccc2)(C2CCNCC2)C1=O. The van der Waals surface area contributed by atoms with Crippen molar-refractivity contribution in [1.29, 1.82) is 0 Å². The van der Waals surface area contributed by atoms with E-state index >= 15 is 0 Å². The van der Waals surface area contributed by atoms with Gasteiger partial charge in [-0.15, -0.1) is 0 Å². The first kappa shape index (κ1) is 19.9. The first-order valence-electron chi connectivity index (χ1n) is 10.8. The van der Waals surface area contributed by atoms with Crippen LogP contribution in [0.1, 0.15) is 37.7 Å². The van der Waals surface area contributed by atoms with Gasteiger partial charge in [0.1, 0.15) is 5.54 Å². The average molecular weight is 399 g/mol. The van der Waals surface area contributed by atoms with E-state index in [2.05, 4.69) is 22.8 Å². The number of carbonyl (C=O) groups excluding carboxylic acids is 3. The van der Waals surface area contributed by atoms with E-state index in [1.54, 1.807) is 4.90 Å². The van der Waals surface area contributed by atoms with Crippen LogP contribution in [0.25, 0.3) is 0 Å². The lowest BCUT2D eigenvalue weighted by Gasteiger charge is -2.38. The van der Waals surface area contributed by atoms with Crippen molar-refractivity contribution < 1.29 is 14.4 Å². The molecule has 156 valence electrons. The zero-order chi connectivity index (χ0) is 20.3. The smallest absolute Gasteiger partial charge is 0.325 e. The van der Waals surface area contributed by atoms with Gasteiger partial charge in [0.25, 0.3) is 5.91 Å². The molecule has 0 aliphatic carbocycles. The molecule has 3 heterocycles. The highest BCUT2D eigenvalue weighted by Gasteiger charge is 2.55. The number of amides is 4. The van der Waals surface area contributed by atoms with Gasteiger partial charge in [-0.05, 0) is 56.7 Å². The fourth-order valence-corrected chi connectivity index (χ4v) is 4.96. The molecule has 0 spiro atoms. The summed E-state index contributed by atoms with van der Waals surface area (Å²) in [5.41, 5.74) is 0.327. The molecule has 7 nitrogen and oxygen atoms in total. The number of piperidine rings is 1. The van der Waals surface area contributed by atoms with Gasteiger partial charge in [-0.3, -0.25) is 14.5 Å². The number of nitrogens with zero attached hydrogens (tertiary/aromatic N) is 2. The van der Waals surface area contributed by atoms with E-state index in [-0.39, 0.29) is 30.3 Å². The molecule has 29 heavy (non-hydrogen) atoms. The fourth-order valence-electron chi connectivity index (χ4n) is 4.96. The van der Waals surface area contributed by atoms with Crippen molar-refractivity contribution in [2.45, 2.75) is 44.1 Å². The average Bonchev–Trinajstić information content (AvgIpc) is 3.27. The second-order valence-electron chi connectivity index (χ2n) is 8.35. The Morgan fingerprint density at radius 1 is 1.03 bits per heavy atom. The third kappa shape index (κ3) is 4.01. The molecule has 3 aliphatic rings. The van der Waals surface area contributed by atoms with E-state index in [0.29, 0.717) is 19.4 Å². The predicted octanol–water partition coefficient (Wildman–Crippen LogP) is 1.53. The normalized spacial score (nSPS) is 25.7. The van der Waals surface area contributed by atoms with Crippen molar-refractivity contribution in [2.24, 2.45) is 5.92 Å². The van der Waals surface area contributed by atoms with Gasteiger partial charge in [0.15, 0.2) is 0 Å². The lowest BCUT2D eigenvalue weighted by atomic mass is 9.74. The first-order chi connectivity index (χ1) is 14.1. The molecule has 7 heteroatoms. The minimum atomic E-state index is -0.843. The lowest BCUT2D eigenvalue weighted by Crippen LogP contribution is -2.56. The van der Waals surface area contributed by atoms with E-state index in [1.807, 2.05) is 18.2 Å². The van der Waals surface area contributed by atoms with Crippen LogP contribution in [0, 0.1) is 5.92 Å². The summed E-state index contributed by atoms with van der Waals surface area (Å²) in [6.45, 7) is 3.15. The number of imide groups is 1. The molecule has 1 aromatic rings. The molecule has 0 bridgehead atoms. The van der Waals surface area contributed by atoms with Gasteiger partial charge in [0.2, 0.25) is 5.91 Å². The molecule has 1 atom stereocenters. The van der Waals surface area contributed by atoms with E-state index < -0.39 is 5.54 Å².